The number of rotatable bonds is 1. The van der Waals surface area contributed by atoms with E-state index in [0.717, 1.165) is 12.8 Å². The Morgan fingerprint density at radius 1 is 1.33 bits per heavy atom. The van der Waals surface area contributed by atoms with Gasteiger partial charge in [0.15, 0.2) is 0 Å². The molecule has 4 nitrogen and oxygen atoms in total. The van der Waals surface area contributed by atoms with Gasteiger partial charge in [-0.2, -0.15) is 5.26 Å². The molecule has 0 aromatic rings. The van der Waals surface area contributed by atoms with Crippen LogP contribution in [0.15, 0.2) is 0 Å². The minimum Gasteiger partial charge on any atom is -0.368 e. The molecule has 1 unspecified atom stereocenters. The number of carbonyl (C=O) groups excluding carboxylic acids is 1. The van der Waals surface area contributed by atoms with Gasteiger partial charge in [-0.3, -0.25) is 4.79 Å². The molecule has 1 aliphatic heterocycles. The van der Waals surface area contributed by atoms with Crippen molar-refractivity contribution < 1.29 is 9.53 Å². The molecule has 1 saturated carbocycles. The smallest absolute Gasteiger partial charge is 0.249 e. The highest BCUT2D eigenvalue weighted by atomic mass is 16.5. The van der Waals surface area contributed by atoms with Crippen LogP contribution in [0.2, 0.25) is 0 Å². The summed E-state index contributed by atoms with van der Waals surface area (Å²) in [5, 5.41) is 8.99. The van der Waals surface area contributed by atoms with Gasteiger partial charge in [-0.05, 0) is 12.8 Å². The van der Waals surface area contributed by atoms with E-state index < -0.39 is 0 Å². The molecule has 0 aromatic carbocycles. The van der Waals surface area contributed by atoms with Gasteiger partial charge in [-0.15, -0.1) is 0 Å². The summed E-state index contributed by atoms with van der Waals surface area (Å²) in [5.74, 6) is -0.0142. The number of nitrogens with zero attached hydrogens (tertiary/aromatic N) is 2. The van der Waals surface area contributed by atoms with Crippen LogP contribution in [-0.2, 0) is 9.53 Å². The standard InChI is InChI=1S/C11H16N2O2/c12-6-10-7-15-8-11(14)13(10)9-4-2-1-3-5-9/h9-10H,1-5,7-8H2. The van der Waals surface area contributed by atoms with Crippen LogP contribution in [0, 0.1) is 11.3 Å². The SMILES string of the molecule is N#CC1COCC(=O)N1C1CCCCC1. The molecule has 2 rings (SSSR count). The molecule has 1 heterocycles. The van der Waals surface area contributed by atoms with Crippen molar-refractivity contribution in [3.63, 3.8) is 0 Å². The van der Waals surface area contributed by atoms with Crippen LogP contribution in [0.5, 0.6) is 0 Å². The summed E-state index contributed by atoms with van der Waals surface area (Å²) in [5.41, 5.74) is 0. The second-order valence-corrected chi connectivity index (χ2v) is 4.25. The van der Waals surface area contributed by atoms with E-state index in [2.05, 4.69) is 6.07 Å². The minimum absolute atomic E-state index is 0.0142. The Bertz CT molecular complexity index is 279. The fraction of sp³-hybridized carbons (Fsp3) is 0.818. The summed E-state index contributed by atoms with van der Waals surface area (Å²) in [6.07, 6.45) is 5.70. The molecule has 1 saturated heterocycles. The molecule has 0 aromatic heterocycles. The van der Waals surface area contributed by atoms with Crippen LogP contribution in [0.4, 0.5) is 0 Å². The Kier molecular flexibility index (Phi) is 3.22. The zero-order valence-electron chi connectivity index (χ0n) is 8.82. The van der Waals surface area contributed by atoms with E-state index in [1.165, 1.54) is 19.3 Å². The Morgan fingerprint density at radius 2 is 2.07 bits per heavy atom. The first-order chi connectivity index (χ1) is 7.33. The molecule has 2 fully saturated rings. The summed E-state index contributed by atoms with van der Waals surface area (Å²) >= 11 is 0. The fourth-order valence-electron chi connectivity index (χ4n) is 2.50. The zero-order valence-corrected chi connectivity index (χ0v) is 8.82. The number of ether oxygens (including phenoxy) is 1. The zero-order chi connectivity index (χ0) is 10.7. The van der Waals surface area contributed by atoms with Crippen molar-refractivity contribution in [1.29, 1.82) is 5.26 Å². The highest BCUT2D eigenvalue weighted by molar-refractivity contribution is 5.79. The Morgan fingerprint density at radius 3 is 2.73 bits per heavy atom. The summed E-state index contributed by atoms with van der Waals surface area (Å²) in [4.78, 5) is 13.5. The van der Waals surface area contributed by atoms with Crippen LogP contribution >= 0.6 is 0 Å². The Balaban J connectivity index is 2.08. The van der Waals surface area contributed by atoms with Crippen molar-refractivity contribution in [2.24, 2.45) is 0 Å². The highest BCUT2D eigenvalue weighted by Crippen LogP contribution is 2.25. The van der Waals surface area contributed by atoms with Gasteiger partial charge in [0.25, 0.3) is 0 Å². The molecule has 0 bridgehead atoms. The summed E-state index contributed by atoms with van der Waals surface area (Å²) in [6, 6.07) is 2.07. The second-order valence-electron chi connectivity index (χ2n) is 4.25. The Labute approximate surface area is 89.8 Å². The summed E-state index contributed by atoms with van der Waals surface area (Å²) < 4.78 is 5.09. The number of nitriles is 1. The lowest BCUT2D eigenvalue weighted by Gasteiger charge is -2.39. The van der Waals surface area contributed by atoms with E-state index in [1.54, 1.807) is 4.90 Å². The first-order valence-electron chi connectivity index (χ1n) is 5.61. The third-order valence-corrected chi connectivity index (χ3v) is 3.24. The summed E-state index contributed by atoms with van der Waals surface area (Å²) in [6.45, 7) is 0.521. The average Bonchev–Trinajstić information content (AvgIpc) is 2.29. The molecule has 2 aliphatic rings. The van der Waals surface area contributed by atoms with Gasteiger partial charge in [0.05, 0.1) is 12.7 Å². The number of carbonyl (C=O) groups is 1. The first kappa shape index (κ1) is 10.4. The van der Waals surface area contributed by atoms with Crippen molar-refractivity contribution in [2.45, 2.75) is 44.2 Å². The minimum atomic E-state index is -0.366. The van der Waals surface area contributed by atoms with E-state index in [4.69, 9.17) is 10.00 Å². The molecule has 1 amide bonds. The van der Waals surface area contributed by atoms with Gasteiger partial charge in [-0.1, -0.05) is 19.3 Å². The van der Waals surface area contributed by atoms with Gasteiger partial charge in [0.1, 0.15) is 12.6 Å². The van der Waals surface area contributed by atoms with Gasteiger partial charge >= 0.3 is 0 Å². The maximum Gasteiger partial charge on any atom is 0.249 e. The monoisotopic (exact) mass is 208 g/mol. The Hall–Kier alpha value is -1.08. The lowest BCUT2D eigenvalue weighted by molar-refractivity contribution is -0.149. The number of hydrogen-bond donors (Lipinski definition) is 0. The van der Waals surface area contributed by atoms with Crippen molar-refractivity contribution in [3.8, 4) is 6.07 Å². The molecule has 82 valence electrons. The predicted octanol–water partition coefficient (Wildman–Crippen LogP) is 1.07. The highest BCUT2D eigenvalue weighted by Gasteiger charge is 2.34. The molecular weight excluding hydrogens is 192 g/mol. The maximum atomic E-state index is 11.7. The first-order valence-corrected chi connectivity index (χ1v) is 5.61. The van der Waals surface area contributed by atoms with Crippen LogP contribution in [0.1, 0.15) is 32.1 Å². The van der Waals surface area contributed by atoms with E-state index >= 15 is 0 Å². The van der Waals surface area contributed by atoms with E-state index in [-0.39, 0.29) is 24.6 Å². The molecule has 0 N–H and O–H groups in total. The third kappa shape index (κ3) is 2.13. The molecule has 1 aliphatic carbocycles. The van der Waals surface area contributed by atoms with Gasteiger partial charge in [-0.25, -0.2) is 0 Å². The largest absolute Gasteiger partial charge is 0.368 e. The number of amides is 1. The van der Waals surface area contributed by atoms with Crippen LogP contribution in [-0.4, -0.2) is 36.1 Å². The van der Waals surface area contributed by atoms with Crippen LogP contribution in [0.3, 0.4) is 0 Å². The molecule has 0 spiro atoms. The predicted molar refractivity (Wildman–Crippen MR) is 53.9 cm³/mol. The summed E-state index contributed by atoms with van der Waals surface area (Å²) in [7, 11) is 0. The van der Waals surface area contributed by atoms with Crippen molar-refractivity contribution in [3.05, 3.63) is 0 Å². The lowest BCUT2D eigenvalue weighted by atomic mass is 9.93. The second kappa shape index (κ2) is 4.63. The van der Waals surface area contributed by atoms with Gasteiger partial charge < -0.3 is 9.64 Å². The lowest BCUT2D eigenvalue weighted by Crippen LogP contribution is -2.54. The van der Waals surface area contributed by atoms with Crippen LogP contribution in [0.25, 0.3) is 0 Å². The average molecular weight is 208 g/mol. The van der Waals surface area contributed by atoms with Crippen molar-refractivity contribution in [1.82, 2.24) is 4.90 Å². The van der Waals surface area contributed by atoms with E-state index in [9.17, 15) is 4.79 Å². The van der Waals surface area contributed by atoms with E-state index in [1.807, 2.05) is 0 Å². The number of hydrogen-bond acceptors (Lipinski definition) is 3. The fourth-order valence-corrected chi connectivity index (χ4v) is 2.50. The number of morpholine rings is 1. The molecule has 15 heavy (non-hydrogen) atoms. The third-order valence-electron chi connectivity index (χ3n) is 3.24. The van der Waals surface area contributed by atoms with E-state index in [0.29, 0.717) is 6.61 Å². The molecule has 0 radical (unpaired) electrons. The maximum absolute atomic E-state index is 11.7. The topological polar surface area (TPSA) is 53.3 Å². The molecule has 4 heteroatoms. The van der Waals surface area contributed by atoms with Crippen LogP contribution < -0.4 is 0 Å². The molecular formula is C11H16N2O2. The van der Waals surface area contributed by atoms with Gasteiger partial charge in [0.2, 0.25) is 5.91 Å². The van der Waals surface area contributed by atoms with Gasteiger partial charge in [0, 0.05) is 6.04 Å². The quantitative estimate of drug-likeness (QED) is 0.647. The van der Waals surface area contributed by atoms with Crippen molar-refractivity contribution in [2.75, 3.05) is 13.2 Å². The molecule has 1 atom stereocenters. The normalized spacial score (nSPS) is 28.9. The van der Waals surface area contributed by atoms with Crippen molar-refractivity contribution >= 4 is 5.91 Å².